The second-order valence-electron chi connectivity index (χ2n) is 2.29. The molecule has 1 aliphatic rings. The Bertz CT molecular complexity index is 296. The predicted molar refractivity (Wildman–Crippen MR) is 37.5 cm³/mol. The van der Waals surface area contributed by atoms with Crippen molar-refractivity contribution >= 4 is 5.78 Å². The van der Waals surface area contributed by atoms with Crippen molar-refractivity contribution in [3.8, 4) is 5.75 Å². The fraction of sp³-hybridized carbons (Fsp3) is 0.250. The summed E-state index contributed by atoms with van der Waals surface area (Å²) in [7, 11) is 0. The van der Waals surface area contributed by atoms with E-state index < -0.39 is 0 Å². The van der Waals surface area contributed by atoms with E-state index in [0.29, 0.717) is 24.5 Å². The maximum Gasteiger partial charge on any atom is 0.188 e. The number of ether oxygens (including phenoxy) is 1. The molecule has 0 spiro atoms. The van der Waals surface area contributed by atoms with E-state index in [1.54, 1.807) is 12.3 Å². The molecule has 0 aromatic carbocycles. The van der Waals surface area contributed by atoms with Crippen LogP contribution in [0.1, 0.15) is 16.9 Å². The molecule has 2 heterocycles. The fourth-order valence-corrected chi connectivity index (χ4v) is 1.02. The number of hydrogen-bond acceptors (Lipinski definition) is 3. The number of fused-ring (bicyclic) bond motifs is 1. The van der Waals surface area contributed by atoms with Gasteiger partial charge in [0.05, 0.1) is 6.61 Å². The second kappa shape index (κ2) is 2.34. The SMILES string of the molecule is O=C1CCOc2[c]ccnc21. The van der Waals surface area contributed by atoms with Crippen LogP contribution in [0.5, 0.6) is 5.75 Å². The van der Waals surface area contributed by atoms with Crippen LogP contribution < -0.4 is 4.74 Å². The molecule has 0 unspecified atom stereocenters. The molecule has 3 nitrogen and oxygen atoms in total. The van der Waals surface area contributed by atoms with E-state index in [2.05, 4.69) is 11.1 Å². The van der Waals surface area contributed by atoms with Crippen LogP contribution in [0.15, 0.2) is 12.3 Å². The number of carbonyl (C=O) groups is 1. The second-order valence-corrected chi connectivity index (χ2v) is 2.29. The van der Waals surface area contributed by atoms with Crippen LogP contribution in [0.25, 0.3) is 0 Å². The first-order chi connectivity index (χ1) is 5.38. The van der Waals surface area contributed by atoms with Gasteiger partial charge in [-0.2, -0.15) is 0 Å². The molecule has 1 aromatic heterocycles. The fourth-order valence-electron chi connectivity index (χ4n) is 1.02. The monoisotopic (exact) mass is 148 g/mol. The molecule has 1 aromatic rings. The van der Waals surface area contributed by atoms with Gasteiger partial charge in [-0.1, -0.05) is 0 Å². The van der Waals surface area contributed by atoms with Gasteiger partial charge in [0.2, 0.25) is 0 Å². The van der Waals surface area contributed by atoms with Crippen LogP contribution in [0, 0.1) is 6.07 Å². The van der Waals surface area contributed by atoms with Gasteiger partial charge >= 0.3 is 0 Å². The molecule has 0 saturated heterocycles. The van der Waals surface area contributed by atoms with E-state index in [9.17, 15) is 4.79 Å². The first kappa shape index (κ1) is 6.34. The Morgan fingerprint density at radius 3 is 3.36 bits per heavy atom. The van der Waals surface area contributed by atoms with Crippen LogP contribution >= 0.6 is 0 Å². The number of Topliss-reactive ketones (excluding diaryl/α,β-unsaturated/α-hetero) is 1. The number of hydrogen-bond donors (Lipinski definition) is 0. The van der Waals surface area contributed by atoms with Crippen molar-refractivity contribution in [3.63, 3.8) is 0 Å². The molecular formula is C8H6NO2. The highest BCUT2D eigenvalue weighted by molar-refractivity contribution is 5.97. The molecule has 3 heteroatoms. The highest BCUT2D eigenvalue weighted by Crippen LogP contribution is 2.20. The summed E-state index contributed by atoms with van der Waals surface area (Å²) in [5, 5.41) is 0. The summed E-state index contributed by atoms with van der Waals surface area (Å²) in [4.78, 5) is 15.0. The highest BCUT2D eigenvalue weighted by Gasteiger charge is 2.18. The maximum absolute atomic E-state index is 11.1. The Kier molecular flexibility index (Phi) is 1.35. The molecule has 11 heavy (non-hydrogen) atoms. The summed E-state index contributed by atoms with van der Waals surface area (Å²) < 4.78 is 5.15. The molecule has 2 rings (SSSR count). The molecule has 0 amide bonds. The minimum absolute atomic E-state index is 0.0445. The van der Waals surface area contributed by atoms with Crippen molar-refractivity contribution in [1.29, 1.82) is 0 Å². The van der Waals surface area contributed by atoms with Crippen molar-refractivity contribution in [2.45, 2.75) is 6.42 Å². The Hall–Kier alpha value is -1.38. The lowest BCUT2D eigenvalue weighted by Crippen LogP contribution is -2.16. The molecule has 0 N–H and O–H groups in total. The van der Waals surface area contributed by atoms with Gasteiger partial charge in [0.15, 0.2) is 11.5 Å². The molecular weight excluding hydrogens is 142 g/mol. The molecule has 0 atom stereocenters. The summed E-state index contributed by atoms with van der Waals surface area (Å²) in [5.41, 5.74) is 0.416. The third-order valence-corrected chi connectivity index (χ3v) is 1.55. The van der Waals surface area contributed by atoms with E-state index in [0.717, 1.165) is 0 Å². The zero-order valence-electron chi connectivity index (χ0n) is 5.83. The Morgan fingerprint density at radius 1 is 1.64 bits per heavy atom. The number of rotatable bonds is 0. The number of nitrogens with zero attached hydrogens (tertiary/aromatic N) is 1. The maximum atomic E-state index is 11.1. The molecule has 1 aliphatic heterocycles. The number of pyridine rings is 1. The van der Waals surface area contributed by atoms with Crippen LogP contribution in [0.4, 0.5) is 0 Å². The van der Waals surface area contributed by atoms with Crippen LogP contribution in [0.2, 0.25) is 0 Å². The van der Waals surface area contributed by atoms with E-state index in [1.807, 2.05) is 0 Å². The Balaban J connectivity index is 2.52. The van der Waals surface area contributed by atoms with E-state index >= 15 is 0 Å². The van der Waals surface area contributed by atoms with Gasteiger partial charge in [0.1, 0.15) is 5.69 Å². The van der Waals surface area contributed by atoms with E-state index in [4.69, 9.17) is 4.74 Å². The zero-order chi connectivity index (χ0) is 7.68. The lowest BCUT2D eigenvalue weighted by atomic mass is 10.1. The van der Waals surface area contributed by atoms with Gasteiger partial charge in [-0.05, 0) is 6.07 Å². The average molecular weight is 148 g/mol. The topological polar surface area (TPSA) is 39.2 Å². The quantitative estimate of drug-likeness (QED) is 0.547. The standard InChI is InChI=1S/C8H6NO2/c10-6-3-5-11-7-2-1-4-9-8(6)7/h1,4H,3,5H2. The molecule has 1 radical (unpaired) electrons. The van der Waals surface area contributed by atoms with Gasteiger partial charge in [0.25, 0.3) is 0 Å². The summed E-state index contributed by atoms with van der Waals surface area (Å²) in [5.74, 6) is 0.534. The van der Waals surface area contributed by atoms with E-state index in [-0.39, 0.29) is 5.78 Å². The Morgan fingerprint density at radius 2 is 2.55 bits per heavy atom. The number of ketones is 1. The summed E-state index contributed by atoms with van der Waals surface area (Å²) in [6.45, 7) is 0.452. The highest BCUT2D eigenvalue weighted by atomic mass is 16.5. The first-order valence-electron chi connectivity index (χ1n) is 3.40. The van der Waals surface area contributed by atoms with Crippen LogP contribution in [0.3, 0.4) is 0 Å². The van der Waals surface area contributed by atoms with Gasteiger partial charge in [0, 0.05) is 18.7 Å². The van der Waals surface area contributed by atoms with Crippen molar-refractivity contribution in [1.82, 2.24) is 4.98 Å². The zero-order valence-corrected chi connectivity index (χ0v) is 5.83. The lowest BCUT2D eigenvalue weighted by Gasteiger charge is -2.13. The molecule has 0 aliphatic carbocycles. The van der Waals surface area contributed by atoms with Crippen LogP contribution in [-0.2, 0) is 0 Å². The summed E-state index contributed by atoms with van der Waals surface area (Å²) in [6.07, 6.45) is 1.98. The number of aromatic nitrogens is 1. The van der Waals surface area contributed by atoms with Gasteiger partial charge < -0.3 is 4.74 Å². The normalized spacial score (nSPS) is 15.5. The van der Waals surface area contributed by atoms with Crippen molar-refractivity contribution in [2.24, 2.45) is 0 Å². The smallest absolute Gasteiger partial charge is 0.188 e. The van der Waals surface area contributed by atoms with Crippen molar-refractivity contribution in [3.05, 3.63) is 24.0 Å². The average Bonchev–Trinajstić information content (AvgIpc) is 2.06. The Labute approximate surface area is 64.0 Å². The van der Waals surface area contributed by atoms with Crippen molar-refractivity contribution in [2.75, 3.05) is 6.61 Å². The largest absolute Gasteiger partial charge is 0.490 e. The summed E-state index contributed by atoms with van der Waals surface area (Å²) >= 11 is 0. The molecule has 0 bridgehead atoms. The van der Waals surface area contributed by atoms with Gasteiger partial charge in [-0.15, -0.1) is 0 Å². The van der Waals surface area contributed by atoms with Gasteiger partial charge in [-0.3, -0.25) is 4.79 Å². The lowest BCUT2D eigenvalue weighted by molar-refractivity contribution is 0.0926. The first-order valence-corrected chi connectivity index (χ1v) is 3.40. The minimum atomic E-state index is 0.0445. The predicted octanol–water partition coefficient (Wildman–Crippen LogP) is 0.847. The molecule has 55 valence electrons. The molecule has 0 saturated carbocycles. The minimum Gasteiger partial charge on any atom is -0.490 e. The summed E-state index contributed by atoms with van der Waals surface area (Å²) in [6, 6.07) is 4.45. The third-order valence-electron chi connectivity index (χ3n) is 1.55. The van der Waals surface area contributed by atoms with Crippen molar-refractivity contribution < 1.29 is 9.53 Å². The molecule has 0 fully saturated rings. The van der Waals surface area contributed by atoms with Gasteiger partial charge in [-0.25, -0.2) is 4.98 Å². The number of carbonyl (C=O) groups excluding carboxylic acids is 1. The van der Waals surface area contributed by atoms with Crippen LogP contribution in [-0.4, -0.2) is 17.4 Å². The van der Waals surface area contributed by atoms with E-state index in [1.165, 1.54) is 0 Å². The third kappa shape index (κ3) is 0.981.